The predicted molar refractivity (Wildman–Crippen MR) is 121 cm³/mol. The van der Waals surface area contributed by atoms with Crippen molar-refractivity contribution in [1.82, 2.24) is 4.90 Å². The van der Waals surface area contributed by atoms with E-state index in [4.69, 9.17) is 0 Å². The SMILES string of the molecule is O=C1C(Cc2ccc3ccc(-c4ccccc4O)cc3c2)CCN1C1CCCCC1. The molecule has 1 unspecified atom stereocenters. The normalized spacial score (nSPS) is 20.2. The number of phenolic OH excluding ortho intramolecular Hbond substituents is 1. The van der Waals surface area contributed by atoms with Gasteiger partial charge < -0.3 is 10.0 Å². The summed E-state index contributed by atoms with van der Waals surface area (Å²) in [4.78, 5) is 15.2. The largest absolute Gasteiger partial charge is 0.507 e. The van der Waals surface area contributed by atoms with Gasteiger partial charge in [0.2, 0.25) is 5.91 Å². The maximum Gasteiger partial charge on any atom is 0.226 e. The van der Waals surface area contributed by atoms with Crippen LogP contribution in [-0.4, -0.2) is 28.5 Å². The van der Waals surface area contributed by atoms with Crippen LogP contribution < -0.4 is 0 Å². The third kappa shape index (κ3) is 3.69. The molecule has 3 heteroatoms. The first-order valence-corrected chi connectivity index (χ1v) is 11.3. The summed E-state index contributed by atoms with van der Waals surface area (Å²) in [6.07, 6.45) is 8.02. The first-order chi connectivity index (χ1) is 14.7. The van der Waals surface area contributed by atoms with E-state index in [1.807, 2.05) is 18.2 Å². The van der Waals surface area contributed by atoms with Gasteiger partial charge in [0, 0.05) is 24.1 Å². The van der Waals surface area contributed by atoms with E-state index in [0.29, 0.717) is 17.7 Å². The van der Waals surface area contributed by atoms with Crippen molar-refractivity contribution in [1.29, 1.82) is 0 Å². The molecule has 0 bridgehead atoms. The summed E-state index contributed by atoms with van der Waals surface area (Å²) >= 11 is 0. The Morgan fingerprint density at radius 3 is 2.50 bits per heavy atom. The minimum Gasteiger partial charge on any atom is -0.507 e. The molecule has 0 spiro atoms. The molecular weight excluding hydrogens is 370 g/mol. The number of phenols is 1. The van der Waals surface area contributed by atoms with Crippen LogP contribution in [0, 0.1) is 5.92 Å². The van der Waals surface area contributed by atoms with Crippen molar-refractivity contribution in [3.63, 3.8) is 0 Å². The molecule has 2 fully saturated rings. The summed E-state index contributed by atoms with van der Waals surface area (Å²) in [7, 11) is 0. The summed E-state index contributed by atoms with van der Waals surface area (Å²) in [6.45, 7) is 0.930. The molecule has 2 aliphatic rings. The molecule has 1 aliphatic carbocycles. The molecule has 1 amide bonds. The second-order valence-corrected chi connectivity index (χ2v) is 8.93. The van der Waals surface area contributed by atoms with Crippen LogP contribution in [0.4, 0.5) is 0 Å². The molecule has 1 heterocycles. The van der Waals surface area contributed by atoms with E-state index < -0.39 is 0 Å². The average molecular weight is 400 g/mol. The summed E-state index contributed by atoms with van der Waals surface area (Å²) in [5, 5.41) is 12.5. The zero-order chi connectivity index (χ0) is 20.5. The number of fused-ring (bicyclic) bond motifs is 1. The highest BCUT2D eigenvalue weighted by Gasteiger charge is 2.36. The van der Waals surface area contributed by atoms with Crippen LogP contribution in [0.1, 0.15) is 44.1 Å². The number of nitrogens with zero attached hydrogens (tertiary/aromatic N) is 1. The third-order valence-electron chi connectivity index (χ3n) is 6.97. The van der Waals surface area contributed by atoms with Crippen molar-refractivity contribution < 1.29 is 9.90 Å². The van der Waals surface area contributed by atoms with Crippen LogP contribution in [0.2, 0.25) is 0 Å². The number of carbonyl (C=O) groups is 1. The van der Waals surface area contributed by atoms with Gasteiger partial charge in [0.1, 0.15) is 5.75 Å². The Balaban J connectivity index is 1.36. The lowest BCUT2D eigenvalue weighted by Crippen LogP contribution is -2.39. The van der Waals surface area contributed by atoms with Crippen LogP contribution in [-0.2, 0) is 11.2 Å². The standard InChI is InChI=1S/C27H29NO2/c29-26-9-5-4-8-25(26)21-13-12-20-11-10-19(17-23(20)18-21)16-22-14-15-28(27(22)30)24-6-2-1-3-7-24/h4-5,8-13,17-18,22,24,29H,1-3,6-7,14-16H2. The van der Waals surface area contributed by atoms with Crippen LogP contribution in [0.25, 0.3) is 21.9 Å². The smallest absolute Gasteiger partial charge is 0.226 e. The van der Waals surface area contributed by atoms with Gasteiger partial charge in [0.15, 0.2) is 0 Å². The summed E-state index contributed by atoms with van der Waals surface area (Å²) in [5.41, 5.74) is 3.08. The van der Waals surface area contributed by atoms with Crippen molar-refractivity contribution in [2.45, 2.75) is 51.0 Å². The Hall–Kier alpha value is -2.81. The van der Waals surface area contributed by atoms with Crippen LogP contribution in [0.3, 0.4) is 0 Å². The number of carbonyl (C=O) groups excluding carboxylic acids is 1. The van der Waals surface area contributed by atoms with Gasteiger partial charge in [0.25, 0.3) is 0 Å². The number of rotatable bonds is 4. The number of benzene rings is 3. The molecule has 1 saturated carbocycles. The van der Waals surface area contributed by atoms with Gasteiger partial charge in [-0.3, -0.25) is 4.79 Å². The summed E-state index contributed by atoms with van der Waals surface area (Å²) in [5.74, 6) is 0.781. The van der Waals surface area contributed by atoms with Crippen molar-refractivity contribution in [2.24, 2.45) is 5.92 Å². The van der Waals surface area contributed by atoms with Crippen LogP contribution in [0.15, 0.2) is 60.7 Å². The van der Waals surface area contributed by atoms with Gasteiger partial charge in [-0.15, -0.1) is 0 Å². The number of likely N-dealkylation sites (tertiary alicyclic amines) is 1. The van der Waals surface area contributed by atoms with E-state index >= 15 is 0 Å². The van der Waals surface area contributed by atoms with Crippen molar-refractivity contribution in [2.75, 3.05) is 6.54 Å². The second kappa shape index (κ2) is 8.14. The first kappa shape index (κ1) is 19.2. The molecule has 3 nitrogen and oxygen atoms in total. The van der Waals surface area contributed by atoms with E-state index in [-0.39, 0.29) is 5.92 Å². The molecule has 1 saturated heterocycles. The molecular formula is C27H29NO2. The number of para-hydroxylation sites is 1. The van der Waals surface area contributed by atoms with E-state index in [1.165, 1.54) is 43.1 Å². The first-order valence-electron chi connectivity index (χ1n) is 11.3. The van der Waals surface area contributed by atoms with E-state index in [0.717, 1.165) is 35.9 Å². The molecule has 1 aliphatic heterocycles. The predicted octanol–water partition coefficient (Wildman–Crippen LogP) is 5.94. The van der Waals surface area contributed by atoms with Gasteiger partial charge in [0.05, 0.1) is 0 Å². The Morgan fingerprint density at radius 2 is 1.67 bits per heavy atom. The van der Waals surface area contributed by atoms with Crippen LogP contribution in [0.5, 0.6) is 5.75 Å². The molecule has 1 N–H and O–H groups in total. The number of amides is 1. The Labute approximate surface area is 178 Å². The highest BCUT2D eigenvalue weighted by Crippen LogP contribution is 2.33. The molecule has 30 heavy (non-hydrogen) atoms. The van der Waals surface area contributed by atoms with Crippen molar-refractivity contribution >= 4 is 16.7 Å². The van der Waals surface area contributed by atoms with Crippen LogP contribution >= 0.6 is 0 Å². The molecule has 3 aromatic rings. The fourth-order valence-electron chi connectivity index (χ4n) is 5.30. The highest BCUT2D eigenvalue weighted by molar-refractivity contribution is 5.89. The van der Waals surface area contributed by atoms with Crippen molar-refractivity contribution in [3.8, 4) is 16.9 Å². The minimum atomic E-state index is 0.116. The lowest BCUT2D eigenvalue weighted by molar-refractivity contribution is -0.133. The van der Waals surface area contributed by atoms with E-state index in [1.54, 1.807) is 6.07 Å². The van der Waals surface area contributed by atoms with Gasteiger partial charge in [-0.2, -0.15) is 0 Å². The fraction of sp³-hybridized carbons (Fsp3) is 0.370. The fourth-order valence-corrected chi connectivity index (χ4v) is 5.30. The summed E-state index contributed by atoms with van der Waals surface area (Å²) < 4.78 is 0. The molecule has 0 aromatic heterocycles. The van der Waals surface area contributed by atoms with Gasteiger partial charge in [-0.25, -0.2) is 0 Å². The quantitative estimate of drug-likeness (QED) is 0.590. The molecule has 3 aromatic carbocycles. The minimum absolute atomic E-state index is 0.116. The lowest BCUT2D eigenvalue weighted by Gasteiger charge is -2.31. The van der Waals surface area contributed by atoms with Gasteiger partial charge in [-0.05, 0) is 59.7 Å². The topological polar surface area (TPSA) is 40.5 Å². The average Bonchev–Trinajstić information content (AvgIpc) is 3.14. The van der Waals surface area contributed by atoms with E-state index in [9.17, 15) is 9.90 Å². The van der Waals surface area contributed by atoms with E-state index in [2.05, 4.69) is 41.3 Å². The Bertz CT molecular complexity index is 1070. The molecule has 0 radical (unpaired) electrons. The maximum absolute atomic E-state index is 13.0. The van der Waals surface area contributed by atoms with Gasteiger partial charge >= 0.3 is 0 Å². The number of hydrogen-bond donors (Lipinski definition) is 1. The zero-order valence-corrected chi connectivity index (χ0v) is 17.4. The Kier molecular flexibility index (Phi) is 5.20. The molecule has 1 atom stereocenters. The maximum atomic E-state index is 13.0. The van der Waals surface area contributed by atoms with Gasteiger partial charge in [-0.1, -0.05) is 67.8 Å². The molecule has 154 valence electrons. The number of hydrogen-bond acceptors (Lipinski definition) is 2. The number of aromatic hydroxyl groups is 1. The molecule has 5 rings (SSSR count). The summed E-state index contributed by atoms with van der Waals surface area (Å²) in [6, 6.07) is 20.8. The second-order valence-electron chi connectivity index (χ2n) is 8.93. The lowest BCUT2D eigenvalue weighted by atomic mass is 9.93. The third-order valence-corrected chi connectivity index (χ3v) is 6.97. The highest BCUT2D eigenvalue weighted by atomic mass is 16.3. The van der Waals surface area contributed by atoms with Crippen molar-refractivity contribution in [3.05, 3.63) is 66.2 Å². The monoisotopic (exact) mass is 399 g/mol. The Morgan fingerprint density at radius 1 is 0.867 bits per heavy atom. The zero-order valence-electron chi connectivity index (χ0n) is 17.4.